The predicted octanol–water partition coefficient (Wildman–Crippen LogP) is 8.23. The molecule has 11 heteroatoms. The van der Waals surface area contributed by atoms with Crippen LogP contribution in [0.3, 0.4) is 0 Å². The normalized spacial score (nSPS) is 11.5. The van der Waals surface area contributed by atoms with Gasteiger partial charge in [0.1, 0.15) is 12.3 Å². The Balaban J connectivity index is 0.000000186. The average molecular weight is 789 g/mol. The summed E-state index contributed by atoms with van der Waals surface area (Å²) in [4.78, 5) is 56.0. The van der Waals surface area contributed by atoms with Gasteiger partial charge >= 0.3 is 0 Å². The second-order valence-corrected chi connectivity index (χ2v) is 14.7. The third kappa shape index (κ3) is 11.8. The van der Waals surface area contributed by atoms with Crippen molar-refractivity contribution in [2.45, 2.75) is 23.2 Å². The van der Waals surface area contributed by atoms with Crippen molar-refractivity contribution in [3.63, 3.8) is 0 Å². The third-order valence-electron chi connectivity index (χ3n) is 8.57. The van der Waals surface area contributed by atoms with Crippen LogP contribution in [0.2, 0.25) is 0 Å². The fraction of sp³-hybridized carbons (Fsp3) is 0.0638. The summed E-state index contributed by atoms with van der Waals surface area (Å²) in [6, 6.07) is 47.8. The number of aryl methyl sites for hydroxylation is 1. The Morgan fingerprint density at radius 1 is 0.517 bits per heavy atom. The first-order valence-corrected chi connectivity index (χ1v) is 19.6. The molecule has 0 spiro atoms. The molecule has 58 heavy (non-hydrogen) atoms. The topological polar surface area (TPSA) is 152 Å². The standard InChI is InChI=1S/C20H18N2O3S.C20H16N2O2.C7H6O/c1-15-7-9-18(10-8-15)26(24,25)20(17-11-13-21-14-12-17)22-19(23)16-5-3-2-4-6-16;23-19(16-7-3-1-4-8-16)18(15-11-13-21-14-12-15)22-20(24)17-9-5-2-6-10-17;8-6-7-4-2-1-3-5-7/h2-14,20H,1H3,(H,22,23);1-14,18H,(H,22,24);1-6H. The van der Waals surface area contributed by atoms with E-state index in [1.807, 2.05) is 37.3 Å². The first kappa shape index (κ1) is 41.8. The second-order valence-electron chi connectivity index (χ2n) is 12.7. The van der Waals surface area contributed by atoms with E-state index in [2.05, 4.69) is 20.6 Å². The number of hydrogen-bond acceptors (Lipinski definition) is 8. The Bertz CT molecular complexity index is 2480. The summed E-state index contributed by atoms with van der Waals surface area (Å²) in [6.45, 7) is 1.88. The van der Waals surface area contributed by atoms with Gasteiger partial charge in [0, 0.05) is 47.0 Å². The highest BCUT2D eigenvalue weighted by molar-refractivity contribution is 7.91. The number of aldehydes is 1. The van der Waals surface area contributed by atoms with Crippen molar-refractivity contribution in [2.75, 3.05) is 0 Å². The number of ketones is 1. The molecule has 2 aromatic heterocycles. The molecule has 2 N–H and O–H groups in total. The minimum absolute atomic E-state index is 0.151. The first-order chi connectivity index (χ1) is 28.2. The van der Waals surface area contributed by atoms with Crippen LogP contribution in [0.5, 0.6) is 0 Å². The molecule has 5 aromatic carbocycles. The molecule has 2 unspecified atom stereocenters. The molecule has 0 bridgehead atoms. The van der Waals surface area contributed by atoms with Crippen molar-refractivity contribution in [1.29, 1.82) is 0 Å². The molecule has 7 rings (SSSR count). The highest BCUT2D eigenvalue weighted by Gasteiger charge is 2.31. The van der Waals surface area contributed by atoms with Gasteiger partial charge in [0.2, 0.25) is 9.84 Å². The van der Waals surface area contributed by atoms with Gasteiger partial charge in [0.05, 0.1) is 4.90 Å². The maximum absolute atomic E-state index is 13.2. The van der Waals surface area contributed by atoms with E-state index in [1.54, 1.807) is 152 Å². The molecular weight excluding hydrogens is 749 g/mol. The van der Waals surface area contributed by atoms with Crippen LogP contribution in [0.15, 0.2) is 200 Å². The lowest BCUT2D eigenvalue weighted by atomic mass is 9.97. The van der Waals surface area contributed by atoms with E-state index in [0.717, 1.165) is 17.4 Å². The van der Waals surface area contributed by atoms with Crippen LogP contribution < -0.4 is 10.6 Å². The summed E-state index contributed by atoms with van der Waals surface area (Å²) in [5, 5.41) is 4.27. The minimum Gasteiger partial charge on any atom is -0.338 e. The monoisotopic (exact) mass is 788 g/mol. The molecule has 290 valence electrons. The maximum atomic E-state index is 13.2. The van der Waals surface area contributed by atoms with Crippen molar-refractivity contribution in [3.05, 3.63) is 234 Å². The quantitative estimate of drug-likeness (QED) is 0.0983. The van der Waals surface area contributed by atoms with Gasteiger partial charge in [0.15, 0.2) is 11.2 Å². The number of benzene rings is 5. The summed E-state index contributed by atoms with van der Waals surface area (Å²) in [5.74, 6) is -0.907. The van der Waals surface area contributed by atoms with Crippen LogP contribution in [0, 0.1) is 6.92 Å². The van der Waals surface area contributed by atoms with E-state index in [-0.39, 0.29) is 16.6 Å². The molecule has 2 heterocycles. The molecule has 0 aliphatic heterocycles. The molecule has 0 aliphatic rings. The number of carbonyl (C=O) groups excluding carboxylic acids is 4. The molecule has 0 radical (unpaired) electrons. The van der Waals surface area contributed by atoms with Gasteiger partial charge in [-0.25, -0.2) is 8.42 Å². The zero-order valence-corrected chi connectivity index (χ0v) is 32.3. The largest absolute Gasteiger partial charge is 0.338 e. The van der Waals surface area contributed by atoms with Crippen molar-refractivity contribution in [2.24, 2.45) is 0 Å². The number of sulfone groups is 1. The van der Waals surface area contributed by atoms with Crippen LogP contribution >= 0.6 is 0 Å². The van der Waals surface area contributed by atoms with Crippen LogP contribution in [-0.4, -0.2) is 42.3 Å². The van der Waals surface area contributed by atoms with Crippen molar-refractivity contribution in [3.8, 4) is 0 Å². The lowest BCUT2D eigenvalue weighted by Crippen LogP contribution is -2.34. The molecule has 7 aromatic rings. The Morgan fingerprint density at radius 3 is 1.38 bits per heavy atom. The zero-order chi connectivity index (χ0) is 41.2. The summed E-state index contributed by atoms with van der Waals surface area (Å²) in [6.07, 6.45) is 7.05. The number of hydrogen-bond donors (Lipinski definition) is 2. The van der Waals surface area contributed by atoms with Gasteiger partial charge in [-0.3, -0.25) is 29.1 Å². The number of rotatable bonds is 11. The number of amides is 2. The first-order valence-electron chi connectivity index (χ1n) is 18.1. The molecule has 2 atom stereocenters. The lowest BCUT2D eigenvalue weighted by molar-refractivity contribution is 0.0857. The number of aromatic nitrogens is 2. The van der Waals surface area contributed by atoms with Gasteiger partial charge in [-0.15, -0.1) is 0 Å². The highest BCUT2D eigenvalue weighted by atomic mass is 32.2. The summed E-state index contributed by atoms with van der Waals surface area (Å²) in [5.41, 5.74) is 4.29. The molecule has 0 saturated carbocycles. The molecule has 0 fully saturated rings. The van der Waals surface area contributed by atoms with Crippen LogP contribution in [0.25, 0.3) is 0 Å². The van der Waals surface area contributed by atoms with Gasteiger partial charge < -0.3 is 10.6 Å². The molecule has 0 aliphatic carbocycles. The lowest BCUT2D eigenvalue weighted by Gasteiger charge is -2.20. The van der Waals surface area contributed by atoms with E-state index in [9.17, 15) is 27.6 Å². The fourth-order valence-corrected chi connectivity index (χ4v) is 7.06. The minimum atomic E-state index is -3.83. The van der Waals surface area contributed by atoms with Crippen molar-refractivity contribution in [1.82, 2.24) is 20.6 Å². The van der Waals surface area contributed by atoms with Gasteiger partial charge in [-0.1, -0.05) is 115 Å². The van der Waals surface area contributed by atoms with Crippen LogP contribution in [0.4, 0.5) is 0 Å². The zero-order valence-electron chi connectivity index (χ0n) is 31.5. The van der Waals surface area contributed by atoms with E-state index in [1.165, 1.54) is 12.4 Å². The third-order valence-corrected chi connectivity index (χ3v) is 10.5. The Hall–Kier alpha value is -7.37. The summed E-state index contributed by atoms with van der Waals surface area (Å²) in [7, 11) is -3.83. The van der Waals surface area contributed by atoms with E-state index < -0.39 is 27.2 Å². The van der Waals surface area contributed by atoms with Crippen molar-refractivity contribution < 1.29 is 27.6 Å². The van der Waals surface area contributed by atoms with E-state index >= 15 is 0 Å². The number of nitrogens with one attached hydrogen (secondary N) is 2. The number of nitrogens with zero attached hydrogens (tertiary/aromatic N) is 2. The van der Waals surface area contributed by atoms with E-state index in [0.29, 0.717) is 27.8 Å². The maximum Gasteiger partial charge on any atom is 0.252 e. The summed E-state index contributed by atoms with van der Waals surface area (Å²) < 4.78 is 26.4. The average Bonchev–Trinajstić information content (AvgIpc) is 3.29. The predicted molar refractivity (Wildman–Crippen MR) is 223 cm³/mol. The summed E-state index contributed by atoms with van der Waals surface area (Å²) >= 11 is 0. The van der Waals surface area contributed by atoms with Gasteiger partial charge in [-0.2, -0.15) is 0 Å². The second kappa shape index (κ2) is 21.1. The molecule has 2 amide bonds. The number of carbonyl (C=O) groups is 4. The van der Waals surface area contributed by atoms with E-state index in [4.69, 9.17) is 0 Å². The highest BCUT2D eigenvalue weighted by Crippen LogP contribution is 2.27. The van der Waals surface area contributed by atoms with Crippen molar-refractivity contribution >= 4 is 33.7 Å². The van der Waals surface area contributed by atoms with Crippen LogP contribution in [-0.2, 0) is 9.84 Å². The van der Waals surface area contributed by atoms with Crippen LogP contribution in [0.1, 0.15) is 69.5 Å². The number of Topliss-reactive ketones (excluding diaryl/α,β-unsaturated/α-hetero) is 1. The molecule has 0 saturated heterocycles. The Morgan fingerprint density at radius 2 is 0.931 bits per heavy atom. The molecule has 10 nitrogen and oxygen atoms in total. The molecular formula is C47H40N4O6S. The SMILES string of the molecule is Cc1ccc(S(=O)(=O)C(NC(=O)c2ccccc2)c2ccncc2)cc1.O=C(NC(C(=O)c1ccccc1)c1ccncc1)c1ccccc1.O=Cc1ccccc1. The Labute approximate surface area is 337 Å². The number of pyridine rings is 2. The van der Waals surface area contributed by atoms with Gasteiger partial charge in [-0.05, 0) is 78.7 Å². The smallest absolute Gasteiger partial charge is 0.252 e. The fourth-order valence-electron chi connectivity index (χ4n) is 5.50. The Kier molecular flexibility index (Phi) is 15.2. The van der Waals surface area contributed by atoms with Gasteiger partial charge in [0.25, 0.3) is 11.8 Å².